The van der Waals surface area contributed by atoms with E-state index in [1.54, 1.807) is 0 Å². The van der Waals surface area contributed by atoms with Crippen molar-refractivity contribution in [2.75, 3.05) is 25.2 Å². The van der Waals surface area contributed by atoms with Crippen molar-refractivity contribution in [1.82, 2.24) is 9.29 Å². The van der Waals surface area contributed by atoms with Crippen LogP contribution in [0.4, 0.5) is 5.13 Å². The van der Waals surface area contributed by atoms with Crippen LogP contribution in [0.5, 0.6) is 11.5 Å². The Morgan fingerprint density at radius 2 is 1.78 bits per heavy atom. The second-order valence-corrected chi connectivity index (χ2v) is 10.7. The summed E-state index contributed by atoms with van der Waals surface area (Å²) in [5, 5.41) is 3.27. The molecular formula is C22H21N3O5S2. The Bertz CT molecular complexity index is 1280. The predicted molar refractivity (Wildman–Crippen MR) is 121 cm³/mol. The van der Waals surface area contributed by atoms with Crippen LogP contribution in [0.2, 0.25) is 0 Å². The highest BCUT2D eigenvalue weighted by Gasteiger charge is 2.27. The van der Waals surface area contributed by atoms with E-state index in [2.05, 4.69) is 10.3 Å². The van der Waals surface area contributed by atoms with Crippen molar-refractivity contribution in [3.63, 3.8) is 0 Å². The lowest BCUT2D eigenvalue weighted by atomic mass is 10.1. The first-order valence-electron chi connectivity index (χ1n) is 10.2. The average Bonchev–Trinajstić information content (AvgIpc) is 3.54. The molecule has 8 nitrogen and oxygen atoms in total. The number of hydrogen-bond donors (Lipinski definition) is 1. The summed E-state index contributed by atoms with van der Waals surface area (Å²) < 4.78 is 37.6. The van der Waals surface area contributed by atoms with Crippen LogP contribution >= 0.6 is 11.3 Å². The second-order valence-electron chi connectivity index (χ2n) is 7.58. The zero-order chi connectivity index (χ0) is 22.3. The van der Waals surface area contributed by atoms with Gasteiger partial charge in [-0.2, -0.15) is 4.31 Å². The summed E-state index contributed by atoms with van der Waals surface area (Å²) in [4.78, 5) is 18.4. The largest absolute Gasteiger partial charge is 0.454 e. The predicted octanol–water partition coefficient (Wildman–Crippen LogP) is 3.88. The van der Waals surface area contributed by atoms with Gasteiger partial charge in [-0.15, -0.1) is 11.3 Å². The van der Waals surface area contributed by atoms with Gasteiger partial charge in [-0.25, -0.2) is 13.4 Å². The lowest BCUT2D eigenvalue weighted by molar-refractivity contribution is 0.102. The maximum Gasteiger partial charge on any atom is 0.257 e. The van der Waals surface area contributed by atoms with E-state index in [9.17, 15) is 13.2 Å². The van der Waals surface area contributed by atoms with E-state index in [0.717, 1.165) is 29.0 Å². The molecule has 0 atom stereocenters. The highest BCUT2D eigenvalue weighted by molar-refractivity contribution is 7.89. The van der Waals surface area contributed by atoms with Crippen molar-refractivity contribution >= 4 is 32.4 Å². The molecule has 3 heterocycles. The van der Waals surface area contributed by atoms with Gasteiger partial charge in [-0.3, -0.25) is 10.1 Å². The number of nitrogens with zero attached hydrogens (tertiary/aromatic N) is 2. The molecule has 32 heavy (non-hydrogen) atoms. The van der Waals surface area contributed by atoms with Gasteiger partial charge in [0.2, 0.25) is 16.8 Å². The molecule has 1 N–H and O–H groups in total. The number of fused-ring (bicyclic) bond motifs is 1. The van der Waals surface area contributed by atoms with Crippen LogP contribution in [0.15, 0.2) is 47.4 Å². The fourth-order valence-electron chi connectivity index (χ4n) is 3.79. The molecule has 0 spiro atoms. The molecule has 2 aliphatic heterocycles. The third-order valence-corrected chi connectivity index (χ3v) is 8.28. The molecule has 2 aromatic carbocycles. The van der Waals surface area contributed by atoms with Gasteiger partial charge >= 0.3 is 0 Å². The summed E-state index contributed by atoms with van der Waals surface area (Å²) in [7, 11) is -3.51. The van der Waals surface area contributed by atoms with Crippen molar-refractivity contribution in [2.45, 2.75) is 24.7 Å². The molecule has 2 aliphatic rings. The van der Waals surface area contributed by atoms with E-state index in [4.69, 9.17) is 9.47 Å². The Morgan fingerprint density at radius 1 is 1.06 bits per heavy atom. The summed E-state index contributed by atoms with van der Waals surface area (Å²) in [5.41, 5.74) is 2.00. The van der Waals surface area contributed by atoms with Gasteiger partial charge in [0.25, 0.3) is 5.91 Å². The fraction of sp³-hybridized carbons (Fsp3) is 0.273. The first-order chi connectivity index (χ1) is 15.4. The monoisotopic (exact) mass is 471 g/mol. The Labute approximate surface area is 189 Å². The lowest BCUT2D eigenvalue weighted by Crippen LogP contribution is -2.27. The van der Waals surface area contributed by atoms with E-state index in [1.807, 2.05) is 25.1 Å². The topological polar surface area (TPSA) is 97.8 Å². The number of aromatic nitrogens is 1. The number of sulfonamides is 1. The molecule has 10 heteroatoms. The normalized spacial score (nSPS) is 15.8. The van der Waals surface area contributed by atoms with Crippen LogP contribution in [-0.2, 0) is 10.0 Å². The van der Waals surface area contributed by atoms with Crippen molar-refractivity contribution in [1.29, 1.82) is 0 Å². The van der Waals surface area contributed by atoms with Gasteiger partial charge in [-0.05, 0) is 62.2 Å². The molecule has 1 fully saturated rings. The minimum absolute atomic E-state index is 0.200. The zero-order valence-electron chi connectivity index (χ0n) is 17.3. The van der Waals surface area contributed by atoms with Crippen molar-refractivity contribution in [3.8, 4) is 22.8 Å². The standard InChI is InChI=1S/C22H21N3O5S2/c1-14-20(16-6-9-18-19(12-16)30-13-29-18)23-22(31-14)24-21(26)15-4-7-17(8-5-15)32(27,28)25-10-2-3-11-25/h4-9,12H,2-3,10-11,13H2,1H3,(H,23,24,26). The fourth-order valence-corrected chi connectivity index (χ4v) is 6.13. The number of amides is 1. The van der Waals surface area contributed by atoms with E-state index < -0.39 is 10.0 Å². The molecule has 166 valence electrons. The average molecular weight is 472 g/mol. The molecule has 5 rings (SSSR count). The summed E-state index contributed by atoms with van der Waals surface area (Å²) >= 11 is 1.37. The number of carbonyl (C=O) groups excluding carboxylic acids is 1. The lowest BCUT2D eigenvalue weighted by Gasteiger charge is -2.15. The van der Waals surface area contributed by atoms with E-state index in [-0.39, 0.29) is 17.6 Å². The molecule has 0 radical (unpaired) electrons. The Hall–Kier alpha value is -2.95. The van der Waals surface area contributed by atoms with Crippen LogP contribution < -0.4 is 14.8 Å². The van der Waals surface area contributed by atoms with Gasteiger partial charge in [0, 0.05) is 29.1 Å². The van der Waals surface area contributed by atoms with E-state index in [1.165, 1.54) is 39.9 Å². The van der Waals surface area contributed by atoms with Crippen molar-refractivity contribution < 1.29 is 22.7 Å². The van der Waals surface area contributed by atoms with Crippen LogP contribution in [0.25, 0.3) is 11.3 Å². The van der Waals surface area contributed by atoms with Gasteiger partial charge in [0.15, 0.2) is 16.6 Å². The minimum Gasteiger partial charge on any atom is -0.454 e. The van der Waals surface area contributed by atoms with Crippen LogP contribution in [0, 0.1) is 6.92 Å². The first kappa shape index (κ1) is 20.9. The van der Waals surface area contributed by atoms with Crippen LogP contribution in [0.1, 0.15) is 28.1 Å². The number of hydrogen-bond acceptors (Lipinski definition) is 7. The number of benzene rings is 2. The van der Waals surface area contributed by atoms with E-state index >= 15 is 0 Å². The molecule has 1 aromatic heterocycles. The molecule has 0 aliphatic carbocycles. The van der Waals surface area contributed by atoms with Gasteiger partial charge in [0.1, 0.15) is 0 Å². The summed E-state index contributed by atoms with van der Waals surface area (Å²) in [5.74, 6) is 1.02. The highest BCUT2D eigenvalue weighted by Crippen LogP contribution is 2.38. The SMILES string of the molecule is Cc1sc(NC(=O)c2ccc(S(=O)(=O)N3CCCC3)cc2)nc1-c1ccc2c(c1)OCO2. The van der Waals surface area contributed by atoms with Crippen molar-refractivity contribution in [2.24, 2.45) is 0 Å². The number of carbonyl (C=O) groups is 1. The van der Waals surface area contributed by atoms with Crippen molar-refractivity contribution in [3.05, 3.63) is 52.9 Å². The molecular weight excluding hydrogens is 450 g/mol. The molecule has 0 unspecified atom stereocenters. The summed E-state index contributed by atoms with van der Waals surface area (Å²) in [6.45, 7) is 3.22. The quantitative estimate of drug-likeness (QED) is 0.606. The number of aryl methyl sites for hydroxylation is 1. The molecule has 0 bridgehead atoms. The maximum atomic E-state index is 12.7. The number of rotatable bonds is 5. The number of thiazole rings is 1. The summed E-state index contributed by atoms with van der Waals surface area (Å²) in [6, 6.07) is 11.6. The minimum atomic E-state index is -3.51. The van der Waals surface area contributed by atoms with Gasteiger partial charge in [0.05, 0.1) is 10.6 Å². The van der Waals surface area contributed by atoms with E-state index in [0.29, 0.717) is 35.3 Å². The zero-order valence-corrected chi connectivity index (χ0v) is 19.0. The molecule has 1 saturated heterocycles. The van der Waals surface area contributed by atoms with Gasteiger partial charge in [-0.1, -0.05) is 0 Å². The number of nitrogens with one attached hydrogen (secondary N) is 1. The van der Waals surface area contributed by atoms with Crippen LogP contribution in [0.3, 0.4) is 0 Å². The summed E-state index contributed by atoms with van der Waals surface area (Å²) in [6.07, 6.45) is 1.75. The van der Waals surface area contributed by atoms with Crippen LogP contribution in [-0.4, -0.2) is 43.5 Å². The number of anilines is 1. The molecule has 1 amide bonds. The third kappa shape index (κ3) is 3.85. The Morgan fingerprint density at radius 3 is 2.53 bits per heavy atom. The number of ether oxygens (including phenoxy) is 2. The Kier molecular flexibility index (Phi) is 5.36. The smallest absolute Gasteiger partial charge is 0.257 e. The highest BCUT2D eigenvalue weighted by atomic mass is 32.2. The maximum absolute atomic E-state index is 12.7. The Balaban J connectivity index is 1.32. The van der Waals surface area contributed by atoms with Gasteiger partial charge < -0.3 is 9.47 Å². The molecule has 3 aromatic rings. The third-order valence-electron chi connectivity index (χ3n) is 5.48. The first-order valence-corrected chi connectivity index (χ1v) is 12.5. The second kappa shape index (κ2) is 8.19. The molecule has 0 saturated carbocycles.